The van der Waals surface area contributed by atoms with E-state index in [1.165, 1.54) is 12.3 Å². The summed E-state index contributed by atoms with van der Waals surface area (Å²) >= 11 is 0. The van der Waals surface area contributed by atoms with Crippen molar-refractivity contribution in [3.05, 3.63) is 24.4 Å². The lowest BCUT2D eigenvalue weighted by Crippen LogP contribution is -2.47. The standard InChI is InChI=1S/C20H25F3N4O5S/c1-19(2,3)31-18(28)27-9-7-14(8-10-27)26(4)15-11-13-5-6-16(25-17(13)24-12-15)32-33(29,30)20(21,22)23/h5-6,11-12,14H,7-10H2,1-4H3. The molecule has 0 aliphatic carbocycles. The van der Waals surface area contributed by atoms with Gasteiger partial charge >= 0.3 is 21.7 Å². The van der Waals surface area contributed by atoms with Gasteiger partial charge in [0.25, 0.3) is 0 Å². The molecule has 0 saturated carbocycles. The summed E-state index contributed by atoms with van der Waals surface area (Å²) in [4.78, 5) is 23.8. The molecular formula is C20H25F3N4O5S. The lowest BCUT2D eigenvalue weighted by atomic mass is 10.0. The van der Waals surface area contributed by atoms with Crippen LogP contribution < -0.4 is 9.08 Å². The summed E-state index contributed by atoms with van der Waals surface area (Å²) in [6, 6.07) is 4.31. The molecular weight excluding hydrogens is 465 g/mol. The second kappa shape index (κ2) is 8.84. The van der Waals surface area contributed by atoms with Gasteiger partial charge in [0.15, 0.2) is 5.65 Å². The monoisotopic (exact) mass is 490 g/mol. The number of likely N-dealkylation sites (tertiary alicyclic amines) is 1. The number of hydrogen-bond donors (Lipinski definition) is 0. The fraction of sp³-hybridized carbons (Fsp3) is 0.550. The molecule has 1 aliphatic heterocycles. The highest BCUT2D eigenvalue weighted by Crippen LogP contribution is 2.28. The van der Waals surface area contributed by atoms with E-state index in [0.717, 1.165) is 11.8 Å². The number of carbonyl (C=O) groups excluding carboxylic acids is 1. The van der Waals surface area contributed by atoms with Crippen molar-refractivity contribution in [1.82, 2.24) is 14.9 Å². The molecule has 0 aromatic carbocycles. The Labute approximate surface area is 189 Å². The number of carbonyl (C=O) groups is 1. The van der Waals surface area contributed by atoms with Crippen molar-refractivity contribution in [3.63, 3.8) is 0 Å². The summed E-state index contributed by atoms with van der Waals surface area (Å²) in [5.41, 5.74) is -5.32. The maximum Gasteiger partial charge on any atom is 0.534 e. The highest BCUT2D eigenvalue weighted by Gasteiger charge is 2.48. The molecule has 3 rings (SSSR count). The van der Waals surface area contributed by atoms with E-state index in [1.54, 1.807) is 11.0 Å². The van der Waals surface area contributed by atoms with Crippen LogP contribution in [-0.4, -0.2) is 66.7 Å². The SMILES string of the molecule is CN(c1cnc2nc(OS(=O)(=O)C(F)(F)F)ccc2c1)C1CCN(C(=O)OC(C)(C)C)CC1. The van der Waals surface area contributed by atoms with Crippen LogP contribution in [0.2, 0.25) is 0 Å². The Hall–Kier alpha value is -2.83. The van der Waals surface area contributed by atoms with E-state index in [9.17, 15) is 26.4 Å². The minimum absolute atomic E-state index is 0.0433. The lowest BCUT2D eigenvalue weighted by Gasteiger charge is -2.38. The number of piperidine rings is 1. The van der Waals surface area contributed by atoms with Gasteiger partial charge in [0.05, 0.1) is 11.9 Å². The maximum absolute atomic E-state index is 12.5. The Kier molecular flexibility index (Phi) is 6.65. The summed E-state index contributed by atoms with van der Waals surface area (Å²) in [6.07, 6.45) is 2.59. The van der Waals surface area contributed by atoms with Crippen LogP contribution in [0.1, 0.15) is 33.6 Å². The molecule has 0 bridgehead atoms. The molecule has 1 amide bonds. The van der Waals surface area contributed by atoms with Crippen molar-refractivity contribution in [2.24, 2.45) is 0 Å². The number of anilines is 1. The van der Waals surface area contributed by atoms with Crippen LogP contribution in [0.25, 0.3) is 11.0 Å². The minimum Gasteiger partial charge on any atom is -0.444 e. The molecule has 0 N–H and O–H groups in total. The van der Waals surface area contributed by atoms with Crippen LogP contribution in [-0.2, 0) is 14.9 Å². The second-order valence-corrected chi connectivity index (χ2v) is 10.2. The Balaban J connectivity index is 1.68. The number of pyridine rings is 2. The average molecular weight is 491 g/mol. The van der Waals surface area contributed by atoms with E-state index < -0.39 is 27.1 Å². The summed E-state index contributed by atoms with van der Waals surface area (Å²) in [5.74, 6) is -0.719. The maximum atomic E-state index is 12.5. The van der Waals surface area contributed by atoms with Crippen molar-refractivity contribution >= 4 is 32.9 Å². The zero-order valence-corrected chi connectivity index (χ0v) is 19.4. The normalized spacial score (nSPS) is 16.0. The van der Waals surface area contributed by atoms with Crippen LogP contribution in [0.15, 0.2) is 24.4 Å². The molecule has 1 aliphatic rings. The number of ether oxygens (including phenoxy) is 1. The number of amides is 1. The molecule has 182 valence electrons. The fourth-order valence-electron chi connectivity index (χ4n) is 3.35. The van der Waals surface area contributed by atoms with Crippen molar-refractivity contribution in [3.8, 4) is 5.88 Å². The van der Waals surface area contributed by atoms with Crippen LogP contribution in [0, 0.1) is 0 Å². The summed E-state index contributed by atoms with van der Waals surface area (Å²) in [5, 5.41) is 0.502. The highest BCUT2D eigenvalue weighted by molar-refractivity contribution is 7.87. The van der Waals surface area contributed by atoms with E-state index in [1.807, 2.05) is 32.7 Å². The summed E-state index contributed by atoms with van der Waals surface area (Å²) < 4.78 is 69.3. The molecule has 0 radical (unpaired) electrons. The molecule has 0 unspecified atom stereocenters. The van der Waals surface area contributed by atoms with Gasteiger partial charge in [-0.2, -0.15) is 26.6 Å². The first-order chi connectivity index (χ1) is 15.2. The van der Waals surface area contributed by atoms with Gasteiger partial charge in [0.2, 0.25) is 5.88 Å². The number of fused-ring (bicyclic) bond motifs is 1. The Bertz CT molecular complexity index is 1130. The Morgan fingerprint density at radius 1 is 1.18 bits per heavy atom. The third-order valence-corrected chi connectivity index (χ3v) is 6.01. The predicted octanol–water partition coefficient (Wildman–Crippen LogP) is 3.69. The third kappa shape index (κ3) is 5.95. The number of aromatic nitrogens is 2. The largest absolute Gasteiger partial charge is 0.534 e. The first-order valence-electron chi connectivity index (χ1n) is 10.1. The van der Waals surface area contributed by atoms with Crippen LogP contribution >= 0.6 is 0 Å². The molecule has 0 atom stereocenters. The molecule has 33 heavy (non-hydrogen) atoms. The molecule has 13 heteroatoms. The molecule has 2 aromatic heterocycles. The van der Waals surface area contributed by atoms with Crippen molar-refractivity contribution in [1.29, 1.82) is 0 Å². The van der Waals surface area contributed by atoms with Crippen LogP contribution in [0.3, 0.4) is 0 Å². The van der Waals surface area contributed by atoms with Gasteiger partial charge in [-0.15, -0.1) is 0 Å². The molecule has 3 heterocycles. The van der Waals surface area contributed by atoms with Gasteiger partial charge in [-0.3, -0.25) is 0 Å². The first-order valence-corrected chi connectivity index (χ1v) is 11.6. The Morgan fingerprint density at radius 2 is 1.82 bits per heavy atom. The Morgan fingerprint density at radius 3 is 2.39 bits per heavy atom. The molecule has 1 fully saturated rings. The number of nitrogens with zero attached hydrogens (tertiary/aromatic N) is 4. The number of rotatable bonds is 4. The van der Waals surface area contributed by atoms with Gasteiger partial charge in [-0.05, 0) is 45.7 Å². The van der Waals surface area contributed by atoms with Crippen molar-refractivity contribution < 1.29 is 35.3 Å². The van der Waals surface area contributed by atoms with E-state index >= 15 is 0 Å². The zero-order chi connectivity index (χ0) is 24.6. The van der Waals surface area contributed by atoms with Gasteiger partial charge in [-0.25, -0.2) is 9.78 Å². The topological polar surface area (TPSA) is 102 Å². The number of hydrogen-bond acceptors (Lipinski definition) is 8. The molecule has 0 spiro atoms. The minimum atomic E-state index is -5.81. The van der Waals surface area contributed by atoms with Crippen molar-refractivity contribution in [2.75, 3.05) is 25.0 Å². The van der Waals surface area contributed by atoms with Gasteiger partial charge in [0, 0.05) is 37.6 Å². The average Bonchev–Trinajstić information content (AvgIpc) is 2.70. The number of alkyl halides is 3. The fourth-order valence-corrected chi connectivity index (χ4v) is 3.77. The van der Waals surface area contributed by atoms with E-state index in [-0.39, 0.29) is 17.8 Å². The van der Waals surface area contributed by atoms with E-state index in [2.05, 4.69) is 14.2 Å². The smallest absolute Gasteiger partial charge is 0.444 e. The second-order valence-electron chi connectivity index (χ2n) is 8.68. The first kappa shape index (κ1) is 24.8. The zero-order valence-electron chi connectivity index (χ0n) is 18.6. The van der Waals surface area contributed by atoms with E-state index in [0.29, 0.717) is 31.3 Å². The van der Waals surface area contributed by atoms with Crippen LogP contribution in [0.5, 0.6) is 5.88 Å². The summed E-state index contributed by atoms with van der Waals surface area (Å²) in [6.45, 7) is 6.54. The highest BCUT2D eigenvalue weighted by atomic mass is 32.2. The lowest BCUT2D eigenvalue weighted by molar-refractivity contribution is -0.0501. The van der Waals surface area contributed by atoms with Gasteiger partial charge < -0.3 is 18.7 Å². The van der Waals surface area contributed by atoms with E-state index in [4.69, 9.17) is 4.74 Å². The quantitative estimate of drug-likeness (QED) is 0.472. The summed E-state index contributed by atoms with van der Waals surface area (Å²) in [7, 11) is -3.93. The predicted molar refractivity (Wildman–Crippen MR) is 114 cm³/mol. The molecule has 2 aromatic rings. The van der Waals surface area contributed by atoms with Crippen LogP contribution in [0.4, 0.5) is 23.7 Å². The molecule has 1 saturated heterocycles. The molecule has 9 nitrogen and oxygen atoms in total. The third-order valence-electron chi connectivity index (χ3n) is 5.05. The van der Waals surface area contributed by atoms with Gasteiger partial charge in [0.1, 0.15) is 5.60 Å². The van der Waals surface area contributed by atoms with Crippen molar-refractivity contribution in [2.45, 2.75) is 50.8 Å². The van der Waals surface area contributed by atoms with Gasteiger partial charge in [-0.1, -0.05) is 0 Å². The number of halogens is 3.